The van der Waals surface area contributed by atoms with Crippen molar-refractivity contribution in [1.82, 2.24) is 4.90 Å². The number of carbonyl (C=O) groups is 2. The molecule has 32 heavy (non-hydrogen) atoms. The van der Waals surface area contributed by atoms with Crippen LogP contribution < -0.4 is 4.74 Å². The number of hydrogen-bond donors (Lipinski definition) is 4. The normalized spacial score (nSPS) is 15.4. The van der Waals surface area contributed by atoms with Gasteiger partial charge < -0.3 is 25.2 Å². The second-order valence-electron chi connectivity index (χ2n) is 9.68. The average molecular weight is 631 g/mol. The average Bonchev–Trinajstić information content (AvgIpc) is 2.84. The summed E-state index contributed by atoms with van der Waals surface area (Å²) in [5.74, 6) is -0.668. The predicted octanol–water partition coefficient (Wildman–Crippen LogP) is 1.99. The number of hydrogen-bond acceptors (Lipinski definition) is 7. The first kappa shape index (κ1) is 33.4. The Kier molecular flexibility index (Phi) is 13.2. The zero-order valence-electron chi connectivity index (χ0n) is 19.7. The summed E-state index contributed by atoms with van der Waals surface area (Å²) in [5, 5.41) is 36.6. The first-order valence-corrected chi connectivity index (χ1v) is 9.82. The molecule has 0 saturated carbocycles. The second kappa shape index (κ2) is 12.6. The van der Waals surface area contributed by atoms with Gasteiger partial charge in [0.05, 0.1) is 24.3 Å². The molecule has 8 nitrogen and oxygen atoms in total. The van der Waals surface area contributed by atoms with Crippen LogP contribution in [0.2, 0.25) is 0 Å². The van der Waals surface area contributed by atoms with E-state index in [4.69, 9.17) is 14.9 Å². The third-order valence-electron chi connectivity index (χ3n) is 5.39. The van der Waals surface area contributed by atoms with Crippen LogP contribution in [0.5, 0.6) is 5.75 Å². The quantitative estimate of drug-likeness (QED) is 0.228. The van der Waals surface area contributed by atoms with Gasteiger partial charge in [-0.2, -0.15) is 0 Å². The number of imide groups is 1. The molecule has 0 bridgehead atoms. The van der Waals surface area contributed by atoms with E-state index in [0.717, 1.165) is 4.90 Å². The maximum Gasteiger partial charge on any atom is 0.262 e. The fourth-order valence-corrected chi connectivity index (χ4v) is 3.03. The van der Waals surface area contributed by atoms with Gasteiger partial charge in [0.15, 0.2) is 12.6 Å². The maximum absolute atomic E-state index is 12.5. The number of fused-ring (bicyclic) bond motifs is 1. The summed E-state index contributed by atoms with van der Waals surface area (Å²) in [5.41, 5.74) is -0.232. The van der Waals surface area contributed by atoms with Crippen LogP contribution in [0.4, 0.5) is 0 Å². The number of carbonyl (C=O) groups excluding carboxylic acids is 2. The van der Waals surface area contributed by atoms with Crippen LogP contribution in [0.1, 0.15) is 69.2 Å². The Labute approximate surface area is 215 Å². The van der Waals surface area contributed by atoms with Gasteiger partial charge >= 0.3 is 0 Å². The first-order valence-electron chi connectivity index (χ1n) is 9.82. The maximum atomic E-state index is 12.5. The standard InChI is InChI=1S/C15H19NO5.C7H16O2.2Rh/c1-15(2,3)11(14(19)20)16-12(17)9-6-5-8(21-4)7-10(9)13(16)18;1-5(6(8)9)7(2,3)4;;/h5-7,11,14,19-20H,1-4H3;5-6,8-9H,1-4H3;;/t11-;5-;;/m11../s1. The van der Waals surface area contributed by atoms with Gasteiger partial charge in [-0.05, 0) is 29.0 Å². The van der Waals surface area contributed by atoms with E-state index in [1.165, 1.54) is 19.2 Å². The number of methoxy groups -OCH3 is 1. The van der Waals surface area contributed by atoms with Crippen molar-refractivity contribution in [2.75, 3.05) is 7.11 Å². The van der Waals surface area contributed by atoms with Gasteiger partial charge in [-0.25, -0.2) is 0 Å². The molecule has 2 radical (unpaired) electrons. The smallest absolute Gasteiger partial charge is 0.262 e. The summed E-state index contributed by atoms with van der Waals surface area (Å²) in [4.78, 5) is 25.9. The van der Waals surface area contributed by atoms with Crippen LogP contribution in [-0.4, -0.2) is 62.9 Å². The Morgan fingerprint density at radius 1 is 0.812 bits per heavy atom. The molecule has 2 atom stereocenters. The number of aliphatic hydroxyl groups excluding tert-OH is 2. The minimum absolute atomic E-state index is 0. The van der Waals surface area contributed by atoms with Crippen molar-refractivity contribution in [3.05, 3.63) is 29.3 Å². The molecule has 0 saturated heterocycles. The minimum Gasteiger partial charge on any atom is -0.497 e. The van der Waals surface area contributed by atoms with Gasteiger partial charge in [-0.15, -0.1) is 0 Å². The van der Waals surface area contributed by atoms with Gasteiger partial charge in [0.2, 0.25) is 0 Å². The molecular weight excluding hydrogens is 596 g/mol. The van der Waals surface area contributed by atoms with Crippen molar-refractivity contribution < 1.29 is 73.7 Å². The van der Waals surface area contributed by atoms with Crippen LogP contribution in [0.3, 0.4) is 0 Å². The van der Waals surface area contributed by atoms with Crippen molar-refractivity contribution in [2.45, 2.75) is 67.1 Å². The fraction of sp³-hybridized carbons (Fsp3) is 0.636. The Morgan fingerprint density at radius 3 is 1.59 bits per heavy atom. The molecule has 1 aliphatic rings. The van der Waals surface area contributed by atoms with Crippen molar-refractivity contribution in [2.24, 2.45) is 16.7 Å². The summed E-state index contributed by atoms with van der Waals surface area (Å²) in [7, 11) is 1.47. The van der Waals surface area contributed by atoms with E-state index >= 15 is 0 Å². The van der Waals surface area contributed by atoms with Crippen LogP contribution in [-0.2, 0) is 39.0 Å². The topological polar surface area (TPSA) is 128 Å². The van der Waals surface area contributed by atoms with E-state index in [2.05, 4.69) is 0 Å². The van der Waals surface area contributed by atoms with E-state index < -0.39 is 35.9 Å². The number of aliphatic hydroxyl groups is 4. The zero-order chi connectivity index (χ0) is 23.6. The minimum atomic E-state index is -1.81. The molecule has 2 rings (SSSR count). The summed E-state index contributed by atoms with van der Waals surface area (Å²) >= 11 is 0. The SMILES string of the molecule is COc1ccc2c(c1)C(=O)N([C@H](C(O)O)C(C)(C)C)C2=O.C[C@H](C(O)O)C(C)(C)C.[Rh].[Rh]. The van der Waals surface area contributed by atoms with Gasteiger partial charge in [0, 0.05) is 44.9 Å². The van der Waals surface area contributed by atoms with Crippen LogP contribution >= 0.6 is 0 Å². The molecule has 2 amide bonds. The molecule has 1 aromatic rings. The molecule has 1 heterocycles. The number of amides is 2. The summed E-state index contributed by atoms with van der Waals surface area (Å²) < 4.78 is 5.05. The van der Waals surface area contributed by atoms with Gasteiger partial charge in [-0.3, -0.25) is 14.5 Å². The van der Waals surface area contributed by atoms with Crippen LogP contribution in [0.15, 0.2) is 18.2 Å². The largest absolute Gasteiger partial charge is 0.497 e. The number of ether oxygens (including phenoxy) is 1. The molecular formula is C22H35NO7Rh2. The number of nitrogens with zero attached hydrogens (tertiary/aromatic N) is 1. The van der Waals surface area contributed by atoms with E-state index in [1.807, 2.05) is 27.7 Å². The third-order valence-corrected chi connectivity index (χ3v) is 5.39. The molecule has 1 aromatic carbocycles. The Balaban J connectivity index is 0. The van der Waals surface area contributed by atoms with Crippen LogP contribution in [0, 0.1) is 16.7 Å². The Bertz CT molecular complexity index is 771. The van der Waals surface area contributed by atoms with E-state index in [-0.39, 0.29) is 61.4 Å². The van der Waals surface area contributed by atoms with E-state index in [0.29, 0.717) is 5.75 Å². The molecule has 0 fully saturated rings. The molecule has 10 heteroatoms. The Hall–Kier alpha value is -0.753. The molecule has 0 aromatic heterocycles. The summed E-state index contributed by atoms with van der Waals surface area (Å²) in [6.07, 6.45) is -3.00. The monoisotopic (exact) mass is 631 g/mol. The molecule has 4 N–H and O–H groups in total. The number of rotatable bonds is 4. The molecule has 1 aliphatic heterocycles. The third kappa shape index (κ3) is 7.93. The van der Waals surface area contributed by atoms with Gasteiger partial charge in [0.1, 0.15) is 5.75 Å². The Morgan fingerprint density at radius 2 is 1.28 bits per heavy atom. The second-order valence-corrected chi connectivity index (χ2v) is 9.68. The van der Waals surface area contributed by atoms with Crippen molar-refractivity contribution in [1.29, 1.82) is 0 Å². The summed E-state index contributed by atoms with van der Waals surface area (Å²) in [6.45, 7) is 13.0. The van der Waals surface area contributed by atoms with Crippen molar-refractivity contribution >= 4 is 11.8 Å². The van der Waals surface area contributed by atoms with Crippen LogP contribution in [0.25, 0.3) is 0 Å². The number of benzene rings is 1. The predicted molar refractivity (Wildman–Crippen MR) is 112 cm³/mol. The van der Waals surface area contributed by atoms with Gasteiger partial charge in [-0.1, -0.05) is 48.5 Å². The molecule has 0 spiro atoms. The molecule has 188 valence electrons. The molecule has 0 aliphatic carbocycles. The summed E-state index contributed by atoms with van der Waals surface area (Å²) in [6, 6.07) is 3.56. The molecule has 0 unspecified atom stereocenters. The van der Waals surface area contributed by atoms with E-state index in [9.17, 15) is 19.8 Å². The van der Waals surface area contributed by atoms with Crippen molar-refractivity contribution in [3.8, 4) is 5.75 Å². The van der Waals surface area contributed by atoms with Crippen molar-refractivity contribution in [3.63, 3.8) is 0 Å². The van der Waals surface area contributed by atoms with Gasteiger partial charge in [0.25, 0.3) is 11.8 Å². The fourth-order valence-electron chi connectivity index (χ4n) is 3.03. The first-order chi connectivity index (χ1) is 13.5. The zero-order valence-corrected chi connectivity index (χ0v) is 22.9. The van der Waals surface area contributed by atoms with E-state index in [1.54, 1.807) is 26.8 Å².